The number of hydrogen-bond donors (Lipinski definition) is 4. The van der Waals surface area contributed by atoms with E-state index in [4.69, 9.17) is 4.74 Å². The van der Waals surface area contributed by atoms with Crippen molar-refractivity contribution in [2.45, 2.75) is 110 Å². The molecule has 3 aliphatic rings. The van der Waals surface area contributed by atoms with Gasteiger partial charge >= 0.3 is 5.97 Å². The van der Waals surface area contributed by atoms with Crippen molar-refractivity contribution < 1.29 is 39.5 Å². The summed E-state index contributed by atoms with van der Waals surface area (Å²) in [6.45, 7) is 11.2. The van der Waals surface area contributed by atoms with Gasteiger partial charge in [-0.3, -0.25) is 14.4 Å². The second kappa shape index (κ2) is 8.67. The molecule has 35 heavy (non-hydrogen) atoms. The number of rotatable bonds is 7. The predicted octanol–water partition coefficient (Wildman–Crippen LogP) is 3.01. The third kappa shape index (κ3) is 4.58. The van der Waals surface area contributed by atoms with Gasteiger partial charge in [-0.1, -0.05) is 13.8 Å². The maximum Gasteiger partial charge on any atom is 0.319 e. The van der Waals surface area contributed by atoms with Crippen LogP contribution in [0.15, 0.2) is 11.8 Å². The minimum atomic E-state index is -1.77. The van der Waals surface area contributed by atoms with Gasteiger partial charge < -0.3 is 25.2 Å². The molecule has 8 nitrogen and oxygen atoms in total. The Morgan fingerprint density at radius 3 is 2.26 bits per heavy atom. The van der Waals surface area contributed by atoms with Gasteiger partial charge in [0.2, 0.25) is 0 Å². The second-order valence-electron chi connectivity index (χ2n) is 12.6. The molecule has 0 aromatic carbocycles. The van der Waals surface area contributed by atoms with Crippen LogP contribution in [0.1, 0.15) is 87.0 Å². The fraction of sp³-hybridized carbons (Fsp3) is 0.815. The number of esters is 1. The average Bonchev–Trinajstić information content (AvgIpc) is 3.22. The number of aliphatic hydroxyl groups is 4. The molecule has 1 saturated heterocycles. The molecule has 8 heteroatoms. The quantitative estimate of drug-likeness (QED) is 0.183. The molecule has 2 aliphatic carbocycles. The first kappa shape index (κ1) is 27.8. The van der Waals surface area contributed by atoms with Crippen molar-refractivity contribution in [3.05, 3.63) is 11.8 Å². The highest BCUT2D eigenvalue weighted by Gasteiger charge is 2.67. The Hall–Kier alpha value is -1.77. The van der Waals surface area contributed by atoms with Crippen LogP contribution in [0.4, 0.5) is 0 Å². The van der Waals surface area contributed by atoms with Gasteiger partial charge in [0.25, 0.3) is 0 Å². The standard InChI is InChI=1S/C27H42O8/c1-8-15(2)18(28)11-19(29)27(12-17-16(26(7,34)14-27)9-10-25(17,6)33)21(30)24(5)13-20(23(3,4)32)35-22(24)31/h11,15-17,20,29,32-34H,8-10,12-14H2,1-7H3/b19-11-/t15?,16-,17+,20-,24-,25-,26-,27+/m1/s1. The van der Waals surface area contributed by atoms with E-state index in [1.165, 1.54) is 20.8 Å². The van der Waals surface area contributed by atoms with E-state index in [2.05, 4.69) is 0 Å². The number of fused-ring (bicyclic) bond motifs is 1. The second-order valence-corrected chi connectivity index (χ2v) is 12.6. The van der Waals surface area contributed by atoms with E-state index >= 15 is 0 Å². The van der Waals surface area contributed by atoms with Crippen LogP contribution in [0.3, 0.4) is 0 Å². The van der Waals surface area contributed by atoms with Gasteiger partial charge in [0.15, 0.2) is 11.6 Å². The number of cyclic esters (lactones) is 1. The van der Waals surface area contributed by atoms with E-state index in [9.17, 15) is 34.8 Å². The summed E-state index contributed by atoms with van der Waals surface area (Å²) in [6.07, 6.45) is 1.36. The van der Waals surface area contributed by atoms with Crippen LogP contribution in [-0.2, 0) is 19.1 Å². The fourth-order valence-electron chi connectivity index (χ4n) is 6.53. The molecule has 1 unspecified atom stereocenters. The summed E-state index contributed by atoms with van der Waals surface area (Å²) in [5.41, 5.74) is -7.49. The number of carbonyl (C=O) groups is 3. The molecule has 0 aromatic heterocycles. The molecule has 0 radical (unpaired) electrons. The molecule has 3 rings (SSSR count). The monoisotopic (exact) mass is 494 g/mol. The van der Waals surface area contributed by atoms with Crippen LogP contribution in [0, 0.1) is 28.6 Å². The van der Waals surface area contributed by atoms with Crippen LogP contribution in [-0.4, -0.2) is 60.9 Å². The zero-order chi connectivity index (χ0) is 26.8. The van der Waals surface area contributed by atoms with E-state index in [1.807, 2.05) is 6.92 Å². The number of hydrogen-bond acceptors (Lipinski definition) is 8. The van der Waals surface area contributed by atoms with Gasteiger partial charge in [-0.2, -0.15) is 0 Å². The number of ether oxygens (including phenoxy) is 1. The third-order valence-electron chi connectivity index (χ3n) is 9.16. The number of aliphatic hydroxyl groups excluding tert-OH is 1. The van der Waals surface area contributed by atoms with Crippen molar-refractivity contribution in [1.29, 1.82) is 0 Å². The fourth-order valence-corrected chi connectivity index (χ4v) is 6.53. The summed E-state index contributed by atoms with van der Waals surface area (Å²) in [7, 11) is 0. The number of carbonyl (C=O) groups excluding carboxylic acids is 3. The molecule has 0 aromatic rings. The molecular formula is C27H42O8. The van der Waals surface area contributed by atoms with Crippen molar-refractivity contribution in [3.8, 4) is 0 Å². The zero-order valence-electron chi connectivity index (χ0n) is 22.1. The molecule has 0 bridgehead atoms. The summed E-state index contributed by atoms with van der Waals surface area (Å²) < 4.78 is 5.40. The Balaban J connectivity index is 2.16. The van der Waals surface area contributed by atoms with E-state index in [1.54, 1.807) is 20.8 Å². The molecule has 1 heterocycles. The summed E-state index contributed by atoms with van der Waals surface area (Å²) in [5, 5.41) is 44.6. The molecule has 2 saturated carbocycles. The normalized spacial score (nSPS) is 43.0. The topological polar surface area (TPSA) is 141 Å². The lowest BCUT2D eigenvalue weighted by Gasteiger charge is -2.52. The van der Waals surface area contributed by atoms with Crippen LogP contribution >= 0.6 is 0 Å². The molecular weight excluding hydrogens is 452 g/mol. The summed E-state index contributed by atoms with van der Waals surface area (Å²) in [5.74, 6) is -3.54. The lowest BCUT2D eigenvalue weighted by atomic mass is 9.52. The molecule has 8 atom stereocenters. The van der Waals surface area contributed by atoms with Gasteiger partial charge in [0.1, 0.15) is 17.3 Å². The van der Waals surface area contributed by atoms with E-state index in [0.29, 0.717) is 19.3 Å². The minimum Gasteiger partial charge on any atom is -0.511 e. The van der Waals surface area contributed by atoms with Crippen LogP contribution < -0.4 is 0 Å². The lowest BCUT2D eigenvalue weighted by Crippen LogP contribution is -2.58. The van der Waals surface area contributed by atoms with Crippen molar-refractivity contribution in [3.63, 3.8) is 0 Å². The highest BCUT2D eigenvalue weighted by Crippen LogP contribution is 2.61. The van der Waals surface area contributed by atoms with Crippen molar-refractivity contribution in [2.24, 2.45) is 28.6 Å². The molecule has 1 aliphatic heterocycles. The van der Waals surface area contributed by atoms with Crippen molar-refractivity contribution in [1.82, 2.24) is 0 Å². The van der Waals surface area contributed by atoms with Gasteiger partial charge in [-0.15, -0.1) is 0 Å². The summed E-state index contributed by atoms with van der Waals surface area (Å²) in [6, 6.07) is 0. The maximum atomic E-state index is 14.4. The first-order valence-corrected chi connectivity index (χ1v) is 12.7. The number of ketones is 2. The van der Waals surface area contributed by atoms with Crippen LogP contribution in [0.5, 0.6) is 0 Å². The highest BCUT2D eigenvalue weighted by molar-refractivity contribution is 6.09. The molecule has 198 valence electrons. The SMILES string of the molecule is CCC(C)C(=O)/C=C(\O)[C@]1(C(=O)[C@@]2(C)C[C@H](C(C)(C)O)OC2=O)C[C@H]2[C@@H](CC[C@@]2(C)O)[C@](C)(O)C1. The minimum absolute atomic E-state index is 0.00811. The lowest BCUT2D eigenvalue weighted by molar-refractivity contribution is -0.168. The average molecular weight is 495 g/mol. The van der Waals surface area contributed by atoms with Gasteiger partial charge in [-0.05, 0) is 78.6 Å². The van der Waals surface area contributed by atoms with Crippen molar-refractivity contribution >= 4 is 17.5 Å². The van der Waals surface area contributed by atoms with Crippen molar-refractivity contribution in [2.75, 3.05) is 0 Å². The molecule has 0 spiro atoms. The van der Waals surface area contributed by atoms with E-state index in [0.717, 1.165) is 6.08 Å². The molecule has 3 fully saturated rings. The summed E-state index contributed by atoms with van der Waals surface area (Å²) >= 11 is 0. The Morgan fingerprint density at radius 1 is 1.14 bits per heavy atom. The third-order valence-corrected chi connectivity index (χ3v) is 9.16. The molecule has 0 amide bonds. The van der Waals surface area contributed by atoms with E-state index < -0.39 is 57.2 Å². The number of allylic oxidation sites excluding steroid dienone is 2. The zero-order valence-corrected chi connectivity index (χ0v) is 22.1. The summed E-state index contributed by atoms with van der Waals surface area (Å²) in [4.78, 5) is 40.2. The van der Waals surface area contributed by atoms with E-state index in [-0.39, 0.29) is 36.9 Å². The first-order chi connectivity index (χ1) is 15.8. The Bertz CT molecular complexity index is 926. The Labute approximate surface area is 207 Å². The maximum absolute atomic E-state index is 14.4. The highest BCUT2D eigenvalue weighted by atomic mass is 16.6. The first-order valence-electron chi connectivity index (χ1n) is 12.7. The smallest absolute Gasteiger partial charge is 0.319 e. The number of Topliss-reactive ketones (excluding diaryl/α,β-unsaturated/α-hetero) is 1. The van der Waals surface area contributed by atoms with Gasteiger partial charge in [0.05, 0.1) is 22.2 Å². The van der Waals surface area contributed by atoms with Crippen LogP contribution in [0.2, 0.25) is 0 Å². The van der Waals surface area contributed by atoms with Crippen LogP contribution in [0.25, 0.3) is 0 Å². The Kier molecular flexibility index (Phi) is 6.89. The molecule has 4 N–H and O–H groups in total. The van der Waals surface area contributed by atoms with Gasteiger partial charge in [-0.25, -0.2) is 0 Å². The van der Waals surface area contributed by atoms with Gasteiger partial charge in [0, 0.05) is 18.4 Å². The largest absolute Gasteiger partial charge is 0.511 e. The Morgan fingerprint density at radius 2 is 1.74 bits per heavy atom. The predicted molar refractivity (Wildman–Crippen MR) is 128 cm³/mol.